The minimum absolute atomic E-state index is 0.111. The van der Waals surface area contributed by atoms with Gasteiger partial charge in [0.15, 0.2) is 0 Å². The third-order valence-corrected chi connectivity index (χ3v) is 8.44. The van der Waals surface area contributed by atoms with Crippen LogP contribution >= 0.6 is 0 Å². The molecule has 0 radical (unpaired) electrons. The standard InChI is InChI=1S/C23H32N4O4S/c1-17-22(32(29,30)26-12-4-3-5-13-26)18(2)27(25-17)16-19-8-10-20(11-9-19)23(28)24-15-21-7-6-14-31-21/h8-11,21H,3-7,12-16H2,1-2H3,(H,24,28)/t21-/m0/s1. The van der Waals surface area contributed by atoms with Crippen molar-refractivity contribution in [3.05, 3.63) is 46.8 Å². The van der Waals surface area contributed by atoms with Crippen molar-refractivity contribution in [3.63, 3.8) is 0 Å². The van der Waals surface area contributed by atoms with E-state index in [1.165, 1.54) is 0 Å². The third-order valence-electron chi connectivity index (χ3n) is 6.29. The van der Waals surface area contributed by atoms with Crippen LogP contribution in [0.25, 0.3) is 0 Å². The maximum absolute atomic E-state index is 13.2. The zero-order valence-electron chi connectivity index (χ0n) is 18.8. The Balaban J connectivity index is 1.44. The van der Waals surface area contributed by atoms with Crippen molar-refractivity contribution in [2.45, 2.75) is 63.5 Å². The van der Waals surface area contributed by atoms with E-state index < -0.39 is 10.0 Å². The third kappa shape index (κ3) is 4.89. The first-order chi connectivity index (χ1) is 15.4. The Labute approximate surface area is 190 Å². The predicted molar refractivity (Wildman–Crippen MR) is 121 cm³/mol. The van der Waals surface area contributed by atoms with Crippen LogP contribution in [0.4, 0.5) is 0 Å². The van der Waals surface area contributed by atoms with Crippen molar-refractivity contribution >= 4 is 15.9 Å². The molecule has 9 heteroatoms. The van der Waals surface area contributed by atoms with Gasteiger partial charge >= 0.3 is 0 Å². The molecule has 2 aliphatic rings. The van der Waals surface area contributed by atoms with Crippen LogP contribution in [0.5, 0.6) is 0 Å². The summed E-state index contributed by atoms with van der Waals surface area (Å²) in [6.45, 7) is 6.44. The minimum Gasteiger partial charge on any atom is -0.376 e. The summed E-state index contributed by atoms with van der Waals surface area (Å²) in [6, 6.07) is 7.35. The lowest BCUT2D eigenvalue weighted by Gasteiger charge is -2.26. The SMILES string of the molecule is Cc1nn(Cc2ccc(C(=O)NC[C@@H]3CCCO3)cc2)c(C)c1S(=O)(=O)N1CCCCC1. The highest BCUT2D eigenvalue weighted by molar-refractivity contribution is 7.89. The number of nitrogens with one attached hydrogen (secondary N) is 1. The number of hydrogen-bond donors (Lipinski definition) is 1. The quantitative estimate of drug-likeness (QED) is 0.686. The fourth-order valence-corrected chi connectivity index (χ4v) is 6.38. The van der Waals surface area contributed by atoms with Crippen LogP contribution < -0.4 is 5.32 Å². The van der Waals surface area contributed by atoms with Gasteiger partial charge in [-0.2, -0.15) is 9.40 Å². The summed E-state index contributed by atoms with van der Waals surface area (Å²) in [5.74, 6) is -0.118. The van der Waals surface area contributed by atoms with Gasteiger partial charge in [0.25, 0.3) is 5.91 Å². The van der Waals surface area contributed by atoms with E-state index in [9.17, 15) is 13.2 Å². The van der Waals surface area contributed by atoms with E-state index in [1.54, 1.807) is 28.0 Å². The monoisotopic (exact) mass is 460 g/mol. The molecular weight excluding hydrogens is 428 g/mol. The summed E-state index contributed by atoms with van der Waals surface area (Å²) in [6.07, 6.45) is 5.02. The second-order valence-corrected chi connectivity index (χ2v) is 10.5. The molecule has 3 heterocycles. The minimum atomic E-state index is -3.54. The lowest BCUT2D eigenvalue weighted by molar-refractivity contribution is 0.0858. The highest BCUT2D eigenvalue weighted by Crippen LogP contribution is 2.26. The maximum atomic E-state index is 13.2. The summed E-state index contributed by atoms with van der Waals surface area (Å²) in [7, 11) is -3.54. The van der Waals surface area contributed by atoms with E-state index in [0.29, 0.717) is 48.0 Å². The number of ether oxygens (including phenoxy) is 1. The molecule has 1 aromatic heterocycles. The van der Waals surface area contributed by atoms with Crippen molar-refractivity contribution in [1.29, 1.82) is 0 Å². The molecule has 0 saturated carbocycles. The number of piperidine rings is 1. The van der Waals surface area contributed by atoms with Crippen molar-refractivity contribution in [1.82, 2.24) is 19.4 Å². The van der Waals surface area contributed by atoms with Crippen LogP contribution in [0.15, 0.2) is 29.2 Å². The number of aromatic nitrogens is 2. The molecule has 1 atom stereocenters. The van der Waals surface area contributed by atoms with Crippen LogP contribution in [0.2, 0.25) is 0 Å². The molecule has 32 heavy (non-hydrogen) atoms. The van der Waals surface area contributed by atoms with Gasteiger partial charge in [0.2, 0.25) is 10.0 Å². The molecule has 2 fully saturated rings. The number of aryl methyl sites for hydroxylation is 1. The van der Waals surface area contributed by atoms with Gasteiger partial charge < -0.3 is 10.1 Å². The number of benzene rings is 1. The first-order valence-electron chi connectivity index (χ1n) is 11.4. The summed E-state index contributed by atoms with van der Waals surface area (Å²) >= 11 is 0. The van der Waals surface area contributed by atoms with Gasteiger partial charge in [-0.15, -0.1) is 0 Å². The first-order valence-corrected chi connectivity index (χ1v) is 12.8. The van der Waals surface area contributed by atoms with E-state index in [2.05, 4.69) is 10.4 Å². The highest BCUT2D eigenvalue weighted by atomic mass is 32.2. The van der Waals surface area contributed by atoms with Crippen molar-refractivity contribution < 1.29 is 17.9 Å². The van der Waals surface area contributed by atoms with E-state index in [0.717, 1.165) is 44.3 Å². The molecule has 8 nitrogen and oxygen atoms in total. The van der Waals surface area contributed by atoms with Crippen molar-refractivity contribution in [2.75, 3.05) is 26.2 Å². The average Bonchev–Trinajstić information content (AvgIpc) is 3.41. The number of hydrogen-bond acceptors (Lipinski definition) is 5. The van der Waals surface area contributed by atoms with Gasteiger partial charge in [0.05, 0.1) is 24.0 Å². The molecule has 2 saturated heterocycles. The summed E-state index contributed by atoms with van der Waals surface area (Å²) in [4.78, 5) is 12.7. The Hall–Kier alpha value is -2.23. The Morgan fingerprint density at radius 2 is 1.84 bits per heavy atom. The first kappa shape index (κ1) is 22.9. The van der Waals surface area contributed by atoms with Gasteiger partial charge in [-0.05, 0) is 57.2 Å². The number of carbonyl (C=O) groups excluding carboxylic acids is 1. The molecule has 0 spiro atoms. The molecule has 0 bridgehead atoms. The molecule has 2 aliphatic heterocycles. The zero-order chi connectivity index (χ0) is 22.7. The number of sulfonamides is 1. The molecule has 0 unspecified atom stereocenters. The van der Waals surface area contributed by atoms with Gasteiger partial charge in [0.1, 0.15) is 4.90 Å². The zero-order valence-corrected chi connectivity index (χ0v) is 19.7. The fourth-order valence-electron chi connectivity index (χ4n) is 4.49. The van der Waals surface area contributed by atoms with E-state index in [4.69, 9.17) is 4.74 Å². The second kappa shape index (κ2) is 9.72. The van der Waals surface area contributed by atoms with Crippen LogP contribution in [-0.2, 0) is 21.3 Å². The van der Waals surface area contributed by atoms with Crippen LogP contribution in [0.3, 0.4) is 0 Å². The lowest BCUT2D eigenvalue weighted by atomic mass is 10.1. The van der Waals surface area contributed by atoms with Crippen LogP contribution in [0, 0.1) is 13.8 Å². The van der Waals surface area contributed by atoms with Crippen LogP contribution in [0.1, 0.15) is 59.4 Å². The normalized spacial score (nSPS) is 19.9. The van der Waals surface area contributed by atoms with Crippen molar-refractivity contribution in [2.24, 2.45) is 0 Å². The van der Waals surface area contributed by atoms with Gasteiger partial charge in [0, 0.05) is 31.8 Å². The topological polar surface area (TPSA) is 93.5 Å². The Morgan fingerprint density at radius 1 is 1.12 bits per heavy atom. The Kier molecular flexibility index (Phi) is 6.97. The number of amides is 1. The summed E-state index contributed by atoms with van der Waals surface area (Å²) < 4.78 is 35.2. The molecule has 174 valence electrons. The van der Waals surface area contributed by atoms with E-state index >= 15 is 0 Å². The molecule has 4 rings (SSSR count). The molecule has 0 aliphatic carbocycles. The smallest absolute Gasteiger partial charge is 0.251 e. The van der Waals surface area contributed by atoms with Gasteiger partial charge in [-0.1, -0.05) is 18.6 Å². The van der Waals surface area contributed by atoms with E-state index in [1.807, 2.05) is 19.1 Å². The summed E-state index contributed by atoms with van der Waals surface area (Å²) in [5, 5.41) is 7.44. The predicted octanol–water partition coefficient (Wildman–Crippen LogP) is 2.63. The Bertz CT molecular complexity index is 1050. The molecular formula is C23H32N4O4S. The highest BCUT2D eigenvalue weighted by Gasteiger charge is 2.31. The Morgan fingerprint density at radius 3 is 2.50 bits per heavy atom. The molecule has 2 aromatic rings. The maximum Gasteiger partial charge on any atom is 0.251 e. The molecule has 1 amide bonds. The molecule has 1 aromatic carbocycles. The largest absolute Gasteiger partial charge is 0.376 e. The van der Waals surface area contributed by atoms with Crippen molar-refractivity contribution in [3.8, 4) is 0 Å². The summed E-state index contributed by atoms with van der Waals surface area (Å²) in [5.41, 5.74) is 2.71. The number of rotatable bonds is 7. The number of carbonyl (C=O) groups is 1. The van der Waals surface area contributed by atoms with Gasteiger partial charge in [-0.25, -0.2) is 8.42 Å². The fraction of sp³-hybridized carbons (Fsp3) is 0.565. The van der Waals surface area contributed by atoms with E-state index in [-0.39, 0.29) is 12.0 Å². The number of nitrogens with zero attached hydrogens (tertiary/aromatic N) is 3. The average molecular weight is 461 g/mol. The lowest BCUT2D eigenvalue weighted by Crippen LogP contribution is -2.36. The molecule has 1 N–H and O–H groups in total. The van der Waals surface area contributed by atoms with Gasteiger partial charge in [-0.3, -0.25) is 9.48 Å². The van der Waals surface area contributed by atoms with Crippen LogP contribution in [-0.4, -0.2) is 60.8 Å². The second-order valence-electron chi connectivity index (χ2n) is 8.66.